The van der Waals surface area contributed by atoms with Gasteiger partial charge in [0.1, 0.15) is 0 Å². The molecule has 84 valence electrons. The van der Waals surface area contributed by atoms with Gasteiger partial charge >= 0.3 is 11.9 Å². The first-order chi connectivity index (χ1) is 7.55. The standard InChI is InChI=1S/C12H12O4/c1-2-8-12(10(13)14,11(15)16)9-6-4-3-5-7-9/h2-7H,1,8H2,(H,13,14)(H,15,16). The van der Waals surface area contributed by atoms with E-state index in [1.165, 1.54) is 18.2 Å². The van der Waals surface area contributed by atoms with Crippen LogP contribution >= 0.6 is 0 Å². The van der Waals surface area contributed by atoms with Crippen LogP contribution in [-0.4, -0.2) is 22.2 Å². The van der Waals surface area contributed by atoms with E-state index in [1.54, 1.807) is 18.2 Å². The van der Waals surface area contributed by atoms with Gasteiger partial charge in [-0.25, -0.2) is 0 Å². The van der Waals surface area contributed by atoms with Crippen molar-refractivity contribution in [3.05, 3.63) is 48.6 Å². The van der Waals surface area contributed by atoms with Crippen molar-refractivity contribution in [3.63, 3.8) is 0 Å². The van der Waals surface area contributed by atoms with Gasteiger partial charge < -0.3 is 10.2 Å². The molecule has 16 heavy (non-hydrogen) atoms. The number of hydrogen-bond donors (Lipinski definition) is 2. The van der Waals surface area contributed by atoms with Crippen molar-refractivity contribution in [2.45, 2.75) is 11.8 Å². The van der Waals surface area contributed by atoms with E-state index in [-0.39, 0.29) is 12.0 Å². The van der Waals surface area contributed by atoms with E-state index in [0.717, 1.165) is 0 Å². The van der Waals surface area contributed by atoms with E-state index in [9.17, 15) is 9.59 Å². The predicted molar refractivity (Wildman–Crippen MR) is 58.2 cm³/mol. The first-order valence-electron chi connectivity index (χ1n) is 4.69. The SMILES string of the molecule is C=CCC(C(=O)O)(C(=O)O)c1ccccc1. The Morgan fingerprint density at radius 1 is 1.19 bits per heavy atom. The van der Waals surface area contributed by atoms with Crippen LogP contribution in [0.5, 0.6) is 0 Å². The van der Waals surface area contributed by atoms with Crippen LogP contribution in [-0.2, 0) is 15.0 Å². The Morgan fingerprint density at radius 2 is 1.69 bits per heavy atom. The number of rotatable bonds is 5. The maximum atomic E-state index is 11.2. The average Bonchev–Trinajstić information content (AvgIpc) is 2.26. The molecule has 0 atom stereocenters. The van der Waals surface area contributed by atoms with Crippen LogP contribution in [0.1, 0.15) is 12.0 Å². The lowest BCUT2D eigenvalue weighted by Gasteiger charge is -2.23. The average molecular weight is 220 g/mol. The number of carbonyl (C=O) groups is 2. The lowest BCUT2D eigenvalue weighted by molar-refractivity contribution is -0.157. The lowest BCUT2D eigenvalue weighted by atomic mass is 9.77. The molecule has 0 unspecified atom stereocenters. The number of hydrogen-bond acceptors (Lipinski definition) is 2. The molecule has 0 saturated carbocycles. The Balaban J connectivity index is 3.38. The van der Waals surface area contributed by atoms with Gasteiger partial charge in [0.25, 0.3) is 0 Å². The molecule has 0 aliphatic carbocycles. The molecule has 0 aliphatic heterocycles. The molecule has 0 fully saturated rings. The molecule has 0 spiro atoms. The van der Waals surface area contributed by atoms with E-state index >= 15 is 0 Å². The summed E-state index contributed by atoms with van der Waals surface area (Å²) in [6.07, 6.45) is 1.15. The summed E-state index contributed by atoms with van der Waals surface area (Å²) in [6.45, 7) is 3.41. The van der Waals surface area contributed by atoms with E-state index in [0.29, 0.717) is 0 Å². The third-order valence-electron chi connectivity index (χ3n) is 2.45. The molecule has 1 rings (SSSR count). The van der Waals surface area contributed by atoms with Gasteiger partial charge in [-0.05, 0) is 12.0 Å². The molecule has 1 aromatic carbocycles. The van der Waals surface area contributed by atoms with Crippen molar-refractivity contribution in [3.8, 4) is 0 Å². The van der Waals surface area contributed by atoms with E-state index in [1.807, 2.05) is 0 Å². The van der Waals surface area contributed by atoms with E-state index < -0.39 is 17.4 Å². The van der Waals surface area contributed by atoms with Crippen molar-refractivity contribution in [2.75, 3.05) is 0 Å². The zero-order chi connectivity index (χ0) is 12.2. The molecule has 0 aliphatic rings. The second-order valence-corrected chi connectivity index (χ2v) is 3.37. The van der Waals surface area contributed by atoms with Crippen LogP contribution in [0.25, 0.3) is 0 Å². The van der Waals surface area contributed by atoms with Crippen molar-refractivity contribution in [2.24, 2.45) is 0 Å². The van der Waals surface area contributed by atoms with Crippen LogP contribution in [0.4, 0.5) is 0 Å². The Morgan fingerprint density at radius 3 is 2.06 bits per heavy atom. The molecule has 0 saturated heterocycles. The maximum absolute atomic E-state index is 11.2. The molecule has 0 amide bonds. The van der Waals surface area contributed by atoms with E-state index in [4.69, 9.17) is 10.2 Å². The summed E-state index contributed by atoms with van der Waals surface area (Å²) in [6, 6.07) is 7.90. The number of carboxylic acid groups (broad SMARTS) is 2. The van der Waals surface area contributed by atoms with Crippen LogP contribution < -0.4 is 0 Å². The monoisotopic (exact) mass is 220 g/mol. The summed E-state index contributed by atoms with van der Waals surface area (Å²) in [5.41, 5.74) is -1.70. The Kier molecular flexibility index (Phi) is 3.45. The fraction of sp³-hybridized carbons (Fsp3) is 0.167. The third kappa shape index (κ3) is 1.82. The first-order valence-corrected chi connectivity index (χ1v) is 4.69. The largest absolute Gasteiger partial charge is 0.480 e. The van der Waals surface area contributed by atoms with Gasteiger partial charge in [-0.15, -0.1) is 6.58 Å². The Hall–Kier alpha value is -2.10. The van der Waals surface area contributed by atoms with Crippen LogP contribution in [0.2, 0.25) is 0 Å². The van der Waals surface area contributed by atoms with Gasteiger partial charge in [-0.3, -0.25) is 9.59 Å². The quantitative estimate of drug-likeness (QED) is 0.584. The molecule has 0 radical (unpaired) electrons. The summed E-state index contributed by atoms with van der Waals surface area (Å²) in [7, 11) is 0. The fourth-order valence-corrected chi connectivity index (χ4v) is 1.57. The van der Waals surface area contributed by atoms with Crippen molar-refractivity contribution in [1.82, 2.24) is 0 Å². The Labute approximate surface area is 92.8 Å². The molecular weight excluding hydrogens is 208 g/mol. The summed E-state index contributed by atoms with van der Waals surface area (Å²) in [4.78, 5) is 22.4. The number of allylic oxidation sites excluding steroid dienone is 1. The van der Waals surface area contributed by atoms with Crippen LogP contribution in [0.15, 0.2) is 43.0 Å². The van der Waals surface area contributed by atoms with Gasteiger partial charge in [-0.1, -0.05) is 36.4 Å². The second-order valence-electron chi connectivity index (χ2n) is 3.37. The molecule has 0 bridgehead atoms. The second kappa shape index (κ2) is 4.61. The molecule has 0 heterocycles. The number of aliphatic carboxylic acids is 2. The Bertz CT molecular complexity index is 394. The molecular formula is C12H12O4. The minimum Gasteiger partial charge on any atom is -0.480 e. The summed E-state index contributed by atoms with van der Waals surface area (Å²) >= 11 is 0. The smallest absolute Gasteiger partial charge is 0.325 e. The lowest BCUT2D eigenvalue weighted by Crippen LogP contribution is -2.43. The van der Waals surface area contributed by atoms with Crippen LogP contribution in [0.3, 0.4) is 0 Å². The highest BCUT2D eigenvalue weighted by Crippen LogP contribution is 2.29. The normalized spacial score (nSPS) is 10.8. The zero-order valence-electron chi connectivity index (χ0n) is 8.59. The first kappa shape index (κ1) is 12.0. The van der Waals surface area contributed by atoms with Gasteiger partial charge in [0, 0.05) is 0 Å². The summed E-state index contributed by atoms with van der Waals surface area (Å²) < 4.78 is 0. The van der Waals surface area contributed by atoms with Crippen molar-refractivity contribution in [1.29, 1.82) is 0 Å². The third-order valence-corrected chi connectivity index (χ3v) is 2.45. The highest BCUT2D eigenvalue weighted by molar-refractivity contribution is 6.04. The minimum absolute atomic E-state index is 0.151. The molecule has 0 aromatic heterocycles. The summed E-state index contributed by atoms with van der Waals surface area (Å²) in [5, 5.41) is 18.3. The number of benzene rings is 1. The van der Waals surface area contributed by atoms with E-state index in [2.05, 4.69) is 6.58 Å². The molecule has 4 nitrogen and oxygen atoms in total. The van der Waals surface area contributed by atoms with Gasteiger partial charge in [-0.2, -0.15) is 0 Å². The molecule has 4 heteroatoms. The van der Waals surface area contributed by atoms with Gasteiger partial charge in [0.2, 0.25) is 0 Å². The maximum Gasteiger partial charge on any atom is 0.325 e. The highest BCUT2D eigenvalue weighted by Gasteiger charge is 2.47. The summed E-state index contributed by atoms with van der Waals surface area (Å²) in [5.74, 6) is -2.77. The highest BCUT2D eigenvalue weighted by atomic mass is 16.4. The van der Waals surface area contributed by atoms with Crippen molar-refractivity contribution < 1.29 is 19.8 Å². The molecule has 2 N–H and O–H groups in total. The fourth-order valence-electron chi connectivity index (χ4n) is 1.57. The van der Waals surface area contributed by atoms with Gasteiger partial charge in [0.05, 0.1) is 0 Å². The molecule has 1 aromatic rings. The minimum atomic E-state index is -1.94. The van der Waals surface area contributed by atoms with Gasteiger partial charge in [0.15, 0.2) is 5.41 Å². The van der Waals surface area contributed by atoms with Crippen molar-refractivity contribution >= 4 is 11.9 Å². The van der Waals surface area contributed by atoms with Crippen LogP contribution in [0, 0.1) is 0 Å². The zero-order valence-corrected chi connectivity index (χ0v) is 8.59. The predicted octanol–water partition coefficient (Wildman–Crippen LogP) is 1.67. The number of carboxylic acids is 2. The topological polar surface area (TPSA) is 74.6 Å².